The number of hydrogen-bond donors (Lipinski definition) is 2. The average molecular weight is 640 g/mol. The van der Waals surface area contributed by atoms with Crippen molar-refractivity contribution in [2.75, 3.05) is 44.4 Å². The molecule has 4 unspecified atom stereocenters. The van der Waals surface area contributed by atoms with E-state index in [1.54, 1.807) is 6.07 Å². The molecule has 4 bridgehead atoms. The average Bonchev–Trinajstić information content (AvgIpc) is 3.47. The van der Waals surface area contributed by atoms with Crippen molar-refractivity contribution in [2.24, 2.45) is 0 Å². The zero-order chi connectivity index (χ0) is 30.8. The number of rotatable bonds is 7. The Bertz CT molecular complexity index is 1780. The van der Waals surface area contributed by atoms with Crippen LogP contribution in [0.5, 0.6) is 11.8 Å². The summed E-state index contributed by atoms with van der Waals surface area (Å²) in [5.41, 5.74) is -0.303. The van der Waals surface area contributed by atoms with Crippen LogP contribution in [0.1, 0.15) is 32.1 Å². The fourth-order valence-corrected chi connectivity index (χ4v) is 8.04. The predicted octanol–water partition coefficient (Wildman–Crippen LogP) is 5.80. The highest BCUT2D eigenvalue weighted by Crippen LogP contribution is 2.44. The molecular formula is C33H33ClF3N5O3. The van der Waals surface area contributed by atoms with Gasteiger partial charge in [-0.2, -0.15) is 9.97 Å². The van der Waals surface area contributed by atoms with Crippen molar-refractivity contribution in [3.05, 3.63) is 52.8 Å². The Morgan fingerprint density at radius 2 is 1.73 bits per heavy atom. The second-order valence-electron chi connectivity index (χ2n) is 12.6. The molecule has 8 rings (SSSR count). The minimum absolute atomic E-state index is 0.0349. The number of nitrogens with zero attached hydrogens (tertiary/aromatic N) is 4. The Morgan fingerprint density at radius 3 is 2.49 bits per heavy atom. The highest BCUT2D eigenvalue weighted by atomic mass is 35.5. The molecule has 4 aliphatic rings. The lowest BCUT2D eigenvalue weighted by molar-refractivity contribution is -0.0161. The van der Waals surface area contributed by atoms with Crippen LogP contribution in [0.2, 0.25) is 5.02 Å². The van der Waals surface area contributed by atoms with Crippen LogP contribution in [0.4, 0.5) is 19.0 Å². The van der Waals surface area contributed by atoms with E-state index in [9.17, 15) is 9.50 Å². The van der Waals surface area contributed by atoms with Crippen molar-refractivity contribution in [3.8, 4) is 22.9 Å². The highest BCUT2D eigenvalue weighted by Gasteiger charge is 2.37. The third kappa shape index (κ3) is 5.14. The number of anilines is 1. The second kappa shape index (κ2) is 11.5. The lowest BCUT2D eigenvalue weighted by atomic mass is 9.95. The quantitative estimate of drug-likeness (QED) is 0.246. The van der Waals surface area contributed by atoms with Gasteiger partial charge in [-0.25, -0.2) is 13.2 Å². The summed E-state index contributed by atoms with van der Waals surface area (Å²) in [6, 6.07) is 7.85. The van der Waals surface area contributed by atoms with Gasteiger partial charge in [0.2, 0.25) is 0 Å². The van der Waals surface area contributed by atoms with Crippen molar-refractivity contribution < 1.29 is 27.8 Å². The van der Waals surface area contributed by atoms with Gasteiger partial charge in [0.15, 0.2) is 17.5 Å². The molecule has 0 saturated carbocycles. The second-order valence-corrected chi connectivity index (χ2v) is 13.0. The number of benzene rings is 3. The van der Waals surface area contributed by atoms with Crippen molar-refractivity contribution in [1.29, 1.82) is 0 Å². The van der Waals surface area contributed by atoms with E-state index in [0.717, 1.165) is 57.9 Å². The minimum Gasteiger partial charge on any atom is -0.508 e. The van der Waals surface area contributed by atoms with E-state index >= 15 is 8.78 Å². The van der Waals surface area contributed by atoms with Gasteiger partial charge in [-0.1, -0.05) is 17.7 Å². The van der Waals surface area contributed by atoms with E-state index in [4.69, 9.17) is 26.1 Å². The van der Waals surface area contributed by atoms with E-state index < -0.39 is 17.5 Å². The fourth-order valence-electron chi connectivity index (χ4n) is 7.75. The van der Waals surface area contributed by atoms with Crippen LogP contribution in [0.3, 0.4) is 0 Å². The summed E-state index contributed by atoms with van der Waals surface area (Å²) < 4.78 is 58.1. The first-order valence-electron chi connectivity index (χ1n) is 15.6. The topological polar surface area (TPSA) is 83.0 Å². The van der Waals surface area contributed by atoms with E-state index in [-0.39, 0.29) is 56.3 Å². The zero-order valence-corrected chi connectivity index (χ0v) is 25.3. The van der Waals surface area contributed by atoms with Crippen LogP contribution < -0.4 is 15.0 Å². The molecule has 3 aromatic carbocycles. The number of aromatic nitrogens is 2. The van der Waals surface area contributed by atoms with Crippen LogP contribution in [-0.2, 0) is 4.74 Å². The van der Waals surface area contributed by atoms with E-state index in [1.807, 2.05) is 0 Å². The summed E-state index contributed by atoms with van der Waals surface area (Å²) in [6.07, 6.45) is 5.12. The first kappa shape index (κ1) is 29.1. The van der Waals surface area contributed by atoms with Gasteiger partial charge in [0, 0.05) is 65.7 Å². The summed E-state index contributed by atoms with van der Waals surface area (Å²) in [6.45, 7) is 4.10. The monoisotopic (exact) mass is 639 g/mol. The first-order valence-corrected chi connectivity index (χ1v) is 16.0. The third-order valence-electron chi connectivity index (χ3n) is 9.80. The van der Waals surface area contributed by atoms with E-state index in [0.29, 0.717) is 43.0 Å². The van der Waals surface area contributed by atoms with Gasteiger partial charge >= 0.3 is 6.01 Å². The van der Waals surface area contributed by atoms with E-state index in [2.05, 4.69) is 20.1 Å². The molecule has 8 nitrogen and oxygen atoms in total. The molecule has 2 N–H and O–H groups in total. The van der Waals surface area contributed by atoms with Crippen molar-refractivity contribution in [2.45, 2.75) is 56.3 Å². The molecule has 12 heteroatoms. The number of ether oxygens (including phenoxy) is 2. The van der Waals surface area contributed by atoms with Gasteiger partial charge in [-0.3, -0.25) is 4.90 Å². The lowest BCUT2D eigenvalue weighted by Gasteiger charge is -2.34. The van der Waals surface area contributed by atoms with Gasteiger partial charge in [0.1, 0.15) is 17.1 Å². The molecule has 0 spiro atoms. The number of aromatic hydroxyl groups is 1. The molecule has 236 valence electrons. The predicted molar refractivity (Wildman–Crippen MR) is 166 cm³/mol. The molecule has 0 radical (unpaired) electrons. The molecule has 0 amide bonds. The van der Waals surface area contributed by atoms with Gasteiger partial charge in [-0.05, 0) is 61.8 Å². The smallest absolute Gasteiger partial charge is 0.319 e. The van der Waals surface area contributed by atoms with Gasteiger partial charge in [-0.15, -0.1) is 0 Å². The maximum atomic E-state index is 16.7. The Balaban J connectivity index is 1.19. The Hall–Kier alpha value is -3.38. The molecule has 4 saturated heterocycles. The number of hydrogen-bond acceptors (Lipinski definition) is 8. The van der Waals surface area contributed by atoms with Crippen molar-refractivity contribution in [1.82, 2.24) is 20.2 Å². The molecule has 45 heavy (non-hydrogen) atoms. The Labute approximate surface area is 263 Å². The minimum atomic E-state index is -1.16. The van der Waals surface area contributed by atoms with E-state index in [1.165, 1.54) is 18.2 Å². The summed E-state index contributed by atoms with van der Waals surface area (Å²) in [4.78, 5) is 13.9. The molecule has 1 aromatic heterocycles. The molecule has 4 aliphatic heterocycles. The highest BCUT2D eigenvalue weighted by molar-refractivity contribution is 6.35. The van der Waals surface area contributed by atoms with Crippen LogP contribution in [-0.4, -0.2) is 83.6 Å². The van der Waals surface area contributed by atoms with Crippen molar-refractivity contribution in [3.63, 3.8) is 0 Å². The summed E-state index contributed by atoms with van der Waals surface area (Å²) in [7, 11) is 0. The lowest BCUT2D eigenvalue weighted by Crippen LogP contribution is -2.51. The number of phenolic OH excluding ortho intramolecular Hbond substituents is 1. The molecule has 4 fully saturated rings. The summed E-state index contributed by atoms with van der Waals surface area (Å²) >= 11 is 6.74. The Morgan fingerprint density at radius 1 is 0.978 bits per heavy atom. The fraction of sp³-hybridized carbons (Fsp3) is 0.455. The number of nitrogens with one attached hydrogen (secondary N) is 1. The van der Waals surface area contributed by atoms with Crippen LogP contribution in [0.15, 0.2) is 30.3 Å². The molecule has 4 atom stereocenters. The zero-order valence-electron chi connectivity index (χ0n) is 24.5. The SMILES string of the molecule is Oc1cc(-c2c(Cl)cc3c(N4CC5CCC(C4)N5)nc(OCCCN4C5CCC4COC5)nc3c2F)c2c(F)c(F)ccc2c1. The molecule has 0 aliphatic carbocycles. The molecule has 4 aromatic rings. The first-order chi connectivity index (χ1) is 21.8. The number of fused-ring (bicyclic) bond motifs is 6. The summed E-state index contributed by atoms with van der Waals surface area (Å²) in [5.74, 6) is -2.80. The number of halogens is 4. The molecular weight excluding hydrogens is 607 g/mol. The maximum Gasteiger partial charge on any atom is 0.319 e. The number of piperazine rings is 1. The van der Waals surface area contributed by atoms with Gasteiger partial charge in [0.25, 0.3) is 0 Å². The number of morpholine rings is 1. The molecule has 5 heterocycles. The van der Waals surface area contributed by atoms with Crippen LogP contribution >= 0.6 is 11.6 Å². The van der Waals surface area contributed by atoms with Crippen LogP contribution in [0, 0.1) is 17.5 Å². The standard InChI is InChI=1S/C33H33ClF3N5O3/c34-25-12-24-31(30(37)28(25)23-11-22(43)10-17-2-7-26(35)29(36)27(17)23)39-33(40-32(24)41-13-18-3-4-19(14-41)38-18)45-9-1-8-42-20-5-6-21(42)16-44-15-20/h2,7,10-12,18-21,38,43H,1,3-6,8-9,13-16H2. The Kier molecular flexibility index (Phi) is 7.39. The van der Waals surface area contributed by atoms with Gasteiger partial charge < -0.3 is 24.8 Å². The number of phenols is 1. The maximum absolute atomic E-state index is 16.7. The van der Waals surface area contributed by atoms with Gasteiger partial charge in [0.05, 0.1) is 24.8 Å². The largest absolute Gasteiger partial charge is 0.508 e. The summed E-state index contributed by atoms with van der Waals surface area (Å²) in [5, 5.41) is 14.4. The van der Waals surface area contributed by atoms with Crippen LogP contribution in [0.25, 0.3) is 32.8 Å². The third-order valence-corrected chi connectivity index (χ3v) is 10.1. The normalized spacial score (nSPS) is 24.7. The van der Waals surface area contributed by atoms with Crippen molar-refractivity contribution >= 4 is 39.1 Å².